The molecule has 2 aromatic carbocycles. The number of fused-ring (bicyclic) bond motifs is 1. The molecule has 2 amide bonds. The highest BCUT2D eigenvalue weighted by Crippen LogP contribution is 2.47. The molecule has 34 heavy (non-hydrogen) atoms. The Bertz CT molecular complexity index is 1050. The second-order valence-electron chi connectivity index (χ2n) is 9.00. The van der Waals surface area contributed by atoms with Crippen molar-refractivity contribution < 1.29 is 23.8 Å². The van der Waals surface area contributed by atoms with Gasteiger partial charge in [0.05, 0.1) is 33.3 Å². The Labute approximate surface area is 201 Å². The van der Waals surface area contributed by atoms with E-state index >= 15 is 0 Å². The van der Waals surface area contributed by atoms with Gasteiger partial charge in [0.15, 0.2) is 11.5 Å². The lowest BCUT2D eigenvalue weighted by atomic mass is 9.78. The van der Waals surface area contributed by atoms with Crippen molar-refractivity contribution in [1.29, 1.82) is 0 Å². The third-order valence-electron chi connectivity index (χ3n) is 7.28. The molecule has 0 aromatic heterocycles. The van der Waals surface area contributed by atoms with Crippen molar-refractivity contribution in [2.45, 2.75) is 50.6 Å². The largest absolute Gasteiger partial charge is 0.497 e. The Morgan fingerprint density at radius 1 is 1.00 bits per heavy atom. The summed E-state index contributed by atoms with van der Waals surface area (Å²) < 4.78 is 16.4. The van der Waals surface area contributed by atoms with Gasteiger partial charge in [0.2, 0.25) is 5.91 Å². The summed E-state index contributed by atoms with van der Waals surface area (Å²) in [6, 6.07) is 10.9. The molecule has 1 fully saturated rings. The van der Waals surface area contributed by atoms with E-state index in [1.54, 1.807) is 39.3 Å². The van der Waals surface area contributed by atoms with Crippen molar-refractivity contribution >= 4 is 11.8 Å². The van der Waals surface area contributed by atoms with Gasteiger partial charge in [-0.3, -0.25) is 9.59 Å². The summed E-state index contributed by atoms with van der Waals surface area (Å²) in [5.41, 5.74) is 2.06. The number of ether oxygens (including phenoxy) is 3. The maximum absolute atomic E-state index is 14.3. The fourth-order valence-corrected chi connectivity index (χ4v) is 5.43. The van der Waals surface area contributed by atoms with Crippen LogP contribution in [0.1, 0.15) is 66.1 Å². The molecule has 3 atom stereocenters. The highest BCUT2D eigenvalue weighted by Gasteiger charge is 2.46. The first kappa shape index (κ1) is 23.9. The minimum atomic E-state index is -0.557. The maximum Gasteiger partial charge on any atom is 0.254 e. The molecule has 2 aliphatic heterocycles. The van der Waals surface area contributed by atoms with E-state index in [-0.39, 0.29) is 17.9 Å². The molecule has 4 rings (SSSR count). The topological polar surface area (TPSA) is 68.3 Å². The Balaban J connectivity index is 1.89. The van der Waals surface area contributed by atoms with Crippen LogP contribution in [-0.2, 0) is 4.79 Å². The summed E-state index contributed by atoms with van der Waals surface area (Å²) in [6.07, 6.45) is 4.06. The molecule has 7 heteroatoms. The zero-order valence-corrected chi connectivity index (χ0v) is 20.7. The number of piperidine rings is 1. The molecule has 0 N–H and O–H groups in total. The van der Waals surface area contributed by atoms with Crippen molar-refractivity contribution in [2.24, 2.45) is 0 Å². The third-order valence-corrected chi connectivity index (χ3v) is 7.28. The van der Waals surface area contributed by atoms with Crippen LogP contribution in [0.5, 0.6) is 17.2 Å². The summed E-state index contributed by atoms with van der Waals surface area (Å²) in [4.78, 5) is 31.5. The molecule has 2 aromatic rings. The lowest BCUT2D eigenvalue weighted by molar-refractivity contribution is -0.138. The Hall–Kier alpha value is -3.22. The van der Waals surface area contributed by atoms with Crippen LogP contribution in [-0.4, -0.2) is 62.6 Å². The van der Waals surface area contributed by atoms with E-state index in [4.69, 9.17) is 14.2 Å². The van der Waals surface area contributed by atoms with Crippen LogP contribution in [0.4, 0.5) is 0 Å². The zero-order valence-electron chi connectivity index (χ0n) is 20.7. The lowest BCUT2D eigenvalue weighted by Gasteiger charge is -2.44. The van der Waals surface area contributed by atoms with Crippen LogP contribution in [0.2, 0.25) is 0 Å². The molecule has 2 heterocycles. The van der Waals surface area contributed by atoms with Crippen molar-refractivity contribution in [3.8, 4) is 17.2 Å². The number of hydrogen-bond donors (Lipinski definition) is 0. The normalized spacial score (nSPS) is 22.3. The number of hydrogen-bond acceptors (Lipinski definition) is 5. The van der Waals surface area contributed by atoms with Gasteiger partial charge in [0, 0.05) is 25.2 Å². The van der Waals surface area contributed by atoms with Crippen LogP contribution < -0.4 is 14.2 Å². The number of carbonyl (C=O) groups excluding carboxylic acids is 2. The third kappa shape index (κ3) is 4.08. The highest BCUT2D eigenvalue weighted by molar-refractivity contribution is 6.02. The molecule has 0 spiro atoms. The number of likely N-dealkylation sites (tertiary alicyclic amines) is 1. The molecular formula is C27H34N2O5. The van der Waals surface area contributed by atoms with E-state index in [2.05, 4.69) is 6.92 Å². The summed E-state index contributed by atoms with van der Waals surface area (Å²) >= 11 is 0. The minimum absolute atomic E-state index is 0.0557. The second kappa shape index (κ2) is 9.95. The predicted octanol–water partition coefficient (Wildman–Crippen LogP) is 4.41. The summed E-state index contributed by atoms with van der Waals surface area (Å²) in [6.45, 7) is 2.87. The standard InChI is InChI=1S/C27H34N2O5/c1-6-18-9-7-8-14-29(18)27(31)24-20-15-22(33-4)23(34-5)16-21(20)26(30)28(2)25(24)17-10-12-19(32-3)13-11-17/h10-13,15-16,18,24-25H,6-9,14H2,1-5H3. The minimum Gasteiger partial charge on any atom is -0.497 e. The average molecular weight is 467 g/mol. The predicted molar refractivity (Wildman–Crippen MR) is 130 cm³/mol. The van der Waals surface area contributed by atoms with Gasteiger partial charge in [-0.15, -0.1) is 0 Å². The van der Waals surface area contributed by atoms with Gasteiger partial charge in [0.1, 0.15) is 5.75 Å². The summed E-state index contributed by atoms with van der Waals surface area (Å²) in [5.74, 6) is 1.06. The molecular weight excluding hydrogens is 432 g/mol. The molecule has 182 valence electrons. The fraction of sp³-hybridized carbons (Fsp3) is 0.481. The van der Waals surface area contributed by atoms with Crippen LogP contribution in [0, 0.1) is 0 Å². The zero-order chi connectivity index (χ0) is 24.4. The van der Waals surface area contributed by atoms with Gasteiger partial charge in [-0.1, -0.05) is 19.1 Å². The maximum atomic E-state index is 14.3. The van der Waals surface area contributed by atoms with Crippen LogP contribution in [0.15, 0.2) is 36.4 Å². The highest BCUT2D eigenvalue weighted by atomic mass is 16.5. The number of benzene rings is 2. The van der Waals surface area contributed by atoms with E-state index < -0.39 is 12.0 Å². The number of likely N-dealkylation sites (N-methyl/N-ethyl adjacent to an activating group) is 1. The molecule has 0 saturated carbocycles. The smallest absolute Gasteiger partial charge is 0.254 e. The quantitative estimate of drug-likeness (QED) is 0.631. The van der Waals surface area contributed by atoms with E-state index in [1.165, 1.54) is 0 Å². The van der Waals surface area contributed by atoms with E-state index in [9.17, 15) is 9.59 Å². The van der Waals surface area contributed by atoms with E-state index in [1.807, 2.05) is 35.2 Å². The second-order valence-corrected chi connectivity index (χ2v) is 9.00. The Morgan fingerprint density at radius 2 is 1.68 bits per heavy atom. The number of rotatable bonds is 6. The average Bonchev–Trinajstić information content (AvgIpc) is 2.89. The van der Waals surface area contributed by atoms with Gasteiger partial charge in [-0.25, -0.2) is 0 Å². The van der Waals surface area contributed by atoms with Crippen molar-refractivity contribution in [3.05, 3.63) is 53.1 Å². The van der Waals surface area contributed by atoms with Crippen LogP contribution >= 0.6 is 0 Å². The Kier molecular flexibility index (Phi) is 7.00. The van der Waals surface area contributed by atoms with Gasteiger partial charge in [0.25, 0.3) is 5.91 Å². The first-order valence-electron chi connectivity index (χ1n) is 11.9. The number of methoxy groups -OCH3 is 3. The Morgan fingerprint density at radius 3 is 2.29 bits per heavy atom. The number of carbonyl (C=O) groups is 2. The SMILES string of the molecule is CCC1CCCCN1C(=O)C1c2cc(OC)c(OC)cc2C(=O)N(C)C1c1ccc(OC)cc1. The molecule has 0 bridgehead atoms. The van der Waals surface area contributed by atoms with Gasteiger partial charge in [-0.2, -0.15) is 0 Å². The monoisotopic (exact) mass is 466 g/mol. The molecule has 2 aliphatic rings. The van der Waals surface area contributed by atoms with Crippen LogP contribution in [0.3, 0.4) is 0 Å². The van der Waals surface area contributed by atoms with Crippen LogP contribution in [0.25, 0.3) is 0 Å². The van der Waals surface area contributed by atoms with E-state index in [0.29, 0.717) is 22.6 Å². The molecule has 0 radical (unpaired) electrons. The van der Waals surface area contributed by atoms with Gasteiger partial charge >= 0.3 is 0 Å². The molecule has 7 nitrogen and oxygen atoms in total. The number of nitrogens with zero attached hydrogens (tertiary/aromatic N) is 2. The summed E-state index contributed by atoms with van der Waals surface area (Å²) in [5, 5.41) is 0. The lowest BCUT2D eigenvalue weighted by Crippen LogP contribution is -2.50. The molecule has 0 aliphatic carbocycles. The van der Waals surface area contributed by atoms with Gasteiger partial charge < -0.3 is 24.0 Å². The number of amides is 2. The first-order chi connectivity index (χ1) is 16.4. The van der Waals surface area contributed by atoms with E-state index in [0.717, 1.165) is 43.5 Å². The summed E-state index contributed by atoms with van der Waals surface area (Å²) in [7, 11) is 6.50. The fourth-order valence-electron chi connectivity index (χ4n) is 5.43. The van der Waals surface area contributed by atoms with Crippen molar-refractivity contribution in [1.82, 2.24) is 9.80 Å². The first-order valence-corrected chi connectivity index (χ1v) is 11.9. The van der Waals surface area contributed by atoms with Gasteiger partial charge in [-0.05, 0) is 61.1 Å². The molecule has 1 saturated heterocycles. The van der Waals surface area contributed by atoms with Crippen molar-refractivity contribution in [2.75, 3.05) is 34.9 Å². The van der Waals surface area contributed by atoms with Crippen molar-refractivity contribution in [3.63, 3.8) is 0 Å². The molecule has 3 unspecified atom stereocenters.